The molecule has 0 atom stereocenters. The number of nitrogens with zero attached hydrogens (tertiary/aromatic N) is 1. The fourth-order valence-corrected chi connectivity index (χ4v) is 0.791. The highest BCUT2D eigenvalue weighted by atomic mass is 16.3. The number of phenolic OH excluding ortho intramolecular Hbond substituents is 2. The molecule has 5 N–H and O–H groups in total. The predicted octanol–water partition coefficient (Wildman–Crippen LogP) is 0.1000. The number of hydrazone groups is 1. The Balaban J connectivity index is 2.73. The summed E-state index contributed by atoms with van der Waals surface area (Å²) in [6.45, 7) is 0. The number of carbonyl (C=O) groups is 1. The number of amides is 2. The van der Waals surface area contributed by atoms with Crippen molar-refractivity contribution in [3.8, 4) is 11.5 Å². The van der Waals surface area contributed by atoms with Gasteiger partial charge in [-0.05, 0) is 23.8 Å². The van der Waals surface area contributed by atoms with Crippen molar-refractivity contribution in [3.05, 3.63) is 23.8 Å². The Bertz CT molecular complexity index is 376. The predicted molar refractivity (Wildman–Crippen MR) is 50.1 cm³/mol. The minimum Gasteiger partial charge on any atom is -0.504 e. The van der Waals surface area contributed by atoms with Crippen LogP contribution in [0.5, 0.6) is 11.5 Å². The summed E-state index contributed by atoms with van der Waals surface area (Å²) in [6, 6.07) is 3.34. The summed E-state index contributed by atoms with van der Waals surface area (Å²) in [6.07, 6.45) is 1.28. The molecule has 0 spiro atoms. The Morgan fingerprint density at radius 2 is 2.14 bits per heavy atom. The zero-order chi connectivity index (χ0) is 10.6. The van der Waals surface area contributed by atoms with Gasteiger partial charge in [0.05, 0.1) is 6.21 Å². The number of benzene rings is 1. The second kappa shape index (κ2) is 4.13. The topological polar surface area (TPSA) is 108 Å². The monoisotopic (exact) mass is 195 g/mol. The molecule has 0 saturated heterocycles. The molecule has 0 heterocycles. The van der Waals surface area contributed by atoms with Gasteiger partial charge >= 0.3 is 6.03 Å². The molecule has 6 heteroatoms. The van der Waals surface area contributed by atoms with Crippen LogP contribution in [0.2, 0.25) is 0 Å². The maximum absolute atomic E-state index is 10.2. The van der Waals surface area contributed by atoms with E-state index in [1.165, 1.54) is 24.4 Å². The number of aromatic hydroxyl groups is 2. The molecule has 14 heavy (non-hydrogen) atoms. The van der Waals surface area contributed by atoms with Crippen molar-refractivity contribution in [2.45, 2.75) is 0 Å². The van der Waals surface area contributed by atoms with E-state index in [-0.39, 0.29) is 11.5 Å². The molecule has 0 aliphatic rings. The van der Waals surface area contributed by atoms with Crippen molar-refractivity contribution in [3.63, 3.8) is 0 Å². The average Bonchev–Trinajstić information content (AvgIpc) is 2.10. The number of nitrogens with one attached hydrogen (secondary N) is 1. The number of phenols is 2. The fourth-order valence-electron chi connectivity index (χ4n) is 0.791. The number of hydrogen-bond acceptors (Lipinski definition) is 4. The lowest BCUT2D eigenvalue weighted by Gasteiger charge is -1.97. The normalized spacial score (nSPS) is 10.3. The third-order valence-corrected chi connectivity index (χ3v) is 1.39. The Kier molecular flexibility index (Phi) is 2.90. The number of carbonyl (C=O) groups excluding carboxylic acids is 1. The van der Waals surface area contributed by atoms with E-state index < -0.39 is 6.03 Å². The van der Waals surface area contributed by atoms with E-state index >= 15 is 0 Å². The summed E-state index contributed by atoms with van der Waals surface area (Å²) in [7, 11) is 0. The van der Waals surface area contributed by atoms with Crippen molar-refractivity contribution < 1.29 is 15.0 Å². The molecule has 0 bridgehead atoms. The molecule has 2 amide bonds. The van der Waals surface area contributed by atoms with Gasteiger partial charge in [0.1, 0.15) is 0 Å². The number of rotatable bonds is 2. The van der Waals surface area contributed by atoms with Crippen LogP contribution in [0.3, 0.4) is 0 Å². The van der Waals surface area contributed by atoms with Gasteiger partial charge in [0, 0.05) is 0 Å². The summed E-state index contributed by atoms with van der Waals surface area (Å²) < 4.78 is 0. The number of hydrogen-bond donors (Lipinski definition) is 4. The van der Waals surface area contributed by atoms with Crippen molar-refractivity contribution in [1.29, 1.82) is 0 Å². The lowest BCUT2D eigenvalue weighted by Crippen LogP contribution is -2.24. The van der Waals surface area contributed by atoms with Gasteiger partial charge in [-0.25, -0.2) is 10.2 Å². The molecule has 6 nitrogen and oxygen atoms in total. The van der Waals surface area contributed by atoms with Crippen molar-refractivity contribution in [2.24, 2.45) is 10.8 Å². The standard InChI is InChI=1S/C8H9N3O3/c9-8(14)11-10-4-5-1-2-6(12)7(13)3-5/h1-4,12-13H,(H3,9,11,14). The summed E-state index contributed by atoms with van der Waals surface area (Å²) in [5, 5.41) is 21.5. The Morgan fingerprint density at radius 1 is 1.43 bits per heavy atom. The van der Waals surface area contributed by atoms with Gasteiger partial charge in [0.2, 0.25) is 0 Å². The molecule has 0 unspecified atom stereocenters. The van der Waals surface area contributed by atoms with E-state index in [0.717, 1.165) is 0 Å². The minimum absolute atomic E-state index is 0.218. The molecular formula is C8H9N3O3. The SMILES string of the molecule is NC(=O)NN=Cc1ccc(O)c(O)c1. The minimum atomic E-state index is -0.774. The lowest BCUT2D eigenvalue weighted by atomic mass is 10.2. The Morgan fingerprint density at radius 3 is 2.71 bits per heavy atom. The summed E-state index contributed by atoms with van der Waals surface area (Å²) in [4.78, 5) is 10.2. The van der Waals surface area contributed by atoms with Crippen LogP contribution in [-0.2, 0) is 0 Å². The molecular weight excluding hydrogens is 186 g/mol. The van der Waals surface area contributed by atoms with Crippen molar-refractivity contribution >= 4 is 12.2 Å². The summed E-state index contributed by atoms with van der Waals surface area (Å²) >= 11 is 0. The van der Waals surface area contributed by atoms with Crippen molar-refractivity contribution in [1.82, 2.24) is 5.43 Å². The van der Waals surface area contributed by atoms with Crippen molar-refractivity contribution in [2.75, 3.05) is 0 Å². The number of urea groups is 1. The van der Waals surface area contributed by atoms with Crippen LogP contribution in [0.4, 0.5) is 4.79 Å². The highest BCUT2D eigenvalue weighted by Gasteiger charge is 1.97. The molecule has 0 fully saturated rings. The molecule has 0 aliphatic heterocycles. The quantitative estimate of drug-likeness (QED) is 0.305. The van der Waals surface area contributed by atoms with Crippen LogP contribution in [0, 0.1) is 0 Å². The molecule has 1 aromatic carbocycles. The Hall–Kier alpha value is -2.24. The first-order valence-electron chi connectivity index (χ1n) is 3.70. The first-order chi connectivity index (χ1) is 6.59. The largest absolute Gasteiger partial charge is 0.504 e. The second-order valence-corrected chi connectivity index (χ2v) is 2.48. The van der Waals surface area contributed by atoms with Crippen LogP contribution < -0.4 is 11.2 Å². The molecule has 74 valence electrons. The van der Waals surface area contributed by atoms with E-state index in [1.54, 1.807) is 0 Å². The summed E-state index contributed by atoms with van der Waals surface area (Å²) in [5.74, 6) is -0.474. The smallest absolute Gasteiger partial charge is 0.332 e. The fraction of sp³-hybridized carbons (Fsp3) is 0. The second-order valence-electron chi connectivity index (χ2n) is 2.48. The van der Waals surface area contributed by atoms with E-state index in [1.807, 2.05) is 5.43 Å². The van der Waals surface area contributed by atoms with E-state index in [4.69, 9.17) is 15.9 Å². The van der Waals surface area contributed by atoms with Crippen LogP contribution in [0.15, 0.2) is 23.3 Å². The molecule has 0 aromatic heterocycles. The Labute approximate surface area is 79.7 Å². The van der Waals surface area contributed by atoms with E-state index in [0.29, 0.717) is 5.56 Å². The van der Waals surface area contributed by atoms with Gasteiger partial charge in [-0.2, -0.15) is 5.10 Å². The molecule has 1 aromatic rings. The average molecular weight is 195 g/mol. The van der Waals surface area contributed by atoms with Crippen LogP contribution >= 0.6 is 0 Å². The van der Waals surface area contributed by atoms with Gasteiger partial charge in [0.25, 0.3) is 0 Å². The van der Waals surface area contributed by atoms with Gasteiger partial charge in [-0.3, -0.25) is 0 Å². The third-order valence-electron chi connectivity index (χ3n) is 1.39. The first-order valence-corrected chi connectivity index (χ1v) is 3.70. The van der Waals surface area contributed by atoms with Gasteiger partial charge in [-0.15, -0.1) is 0 Å². The van der Waals surface area contributed by atoms with Crippen LogP contribution in [-0.4, -0.2) is 22.5 Å². The molecule has 0 saturated carbocycles. The number of nitrogens with two attached hydrogens (primary N) is 1. The molecule has 0 aliphatic carbocycles. The van der Waals surface area contributed by atoms with Crippen LogP contribution in [0.1, 0.15) is 5.56 Å². The lowest BCUT2D eigenvalue weighted by molar-refractivity contribution is 0.249. The molecule has 0 radical (unpaired) electrons. The first kappa shape index (κ1) is 9.85. The zero-order valence-corrected chi connectivity index (χ0v) is 7.14. The number of primary amides is 1. The zero-order valence-electron chi connectivity index (χ0n) is 7.14. The van der Waals surface area contributed by atoms with Crippen LogP contribution in [0.25, 0.3) is 0 Å². The summed E-state index contributed by atoms with van der Waals surface area (Å²) in [5.41, 5.74) is 7.27. The van der Waals surface area contributed by atoms with Gasteiger partial charge in [0.15, 0.2) is 11.5 Å². The van der Waals surface area contributed by atoms with Gasteiger partial charge in [-0.1, -0.05) is 0 Å². The highest BCUT2D eigenvalue weighted by Crippen LogP contribution is 2.23. The maximum atomic E-state index is 10.2. The van der Waals surface area contributed by atoms with E-state index in [2.05, 4.69) is 5.10 Å². The molecule has 1 rings (SSSR count). The van der Waals surface area contributed by atoms with E-state index in [9.17, 15) is 4.79 Å². The van der Waals surface area contributed by atoms with Gasteiger partial charge < -0.3 is 15.9 Å². The maximum Gasteiger partial charge on any atom is 0.332 e. The third kappa shape index (κ3) is 2.67. The highest BCUT2D eigenvalue weighted by molar-refractivity contribution is 5.82.